The number of fused-ring (bicyclic) bond motifs is 2. The fourth-order valence-electron chi connectivity index (χ4n) is 2.79. The highest BCUT2D eigenvalue weighted by Crippen LogP contribution is 2.39. The summed E-state index contributed by atoms with van der Waals surface area (Å²) in [5, 5.41) is 0. The number of piperidine rings is 1. The van der Waals surface area contributed by atoms with Gasteiger partial charge in [0.15, 0.2) is 0 Å². The van der Waals surface area contributed by atoms with Crippen LogP contribution in [0.1, 0.15) is 40.0 Å². The third-order valence-electron chi connectivity index (χ3n) is 4.22. The van der Waals surface area contributed by atoms with E-state index in [0.29, 0.717) is 5.92 Å². The standard InChI is InChI=1S/C12H24N2O2S/c1-12(2,3)11(13)8-17(15,16)14-7-9-4-5-10(14)6-9/h9-11H,4-8,13H2,1-3H3. The van der Waals surface area contributed by atoms with Crippen LogP contribution in [0, 0.1) is 11.3 Å². The summed E-state index contributed by atoms with van der Waals surface area (Å²) in [6.45, 7) is 6.69. The van der Waals surface area contributed by atoms with Gasteiger partial charge < -0.3 is 5.73 Å². The summed E-state index contributed by atoms with van der Waals surface area (Å²) in [5.41, 5.74) is 5.84. The van der Waals surface area contributed by atoms with Crippen LogP contribution in [0.2, 0.25) is 0 Å². The van der Waals surface area contributed by atoms with Gasteiger partial charge in [-0.25, -0.2) is 8.42 Å². The van der Waals surface area contributed by atoms with Crippen molar-refractivity contribution in [3.63, 3.8) is 0 Å². The first-order chi connectivity index (χ1) is 7.70. The van der Waals surface area contributed by atoms with Crippen molar-refractivity contribution in [3.8, 4) is 0 Å². The number of rotatable bonds is 3. The Labute approximate surface area is 105 Å². The van der Waals surface area contributed by atoms with E-state index in [1.807, 2.05) is 20.8 Å². The molecule has 2 rings (SSSR count). The molecule has 2 bridgehead atoms. The van der Waals surface area contributed by atoms with E-state index >= 15 is 0 Å². The normalized spacial score (nSPS) is 32.0. The molecule has 0 spiro atoms. The minimum absolute atomic E-state index is 0.0831. The molecule has 17 heavy (non-hydrogen) atoms. The molecule has 0 amide bonds. The van der Waals surface area contributed by atoms with Crippen molar-refractivity contribution in [2.24, 2.45) is 17.1 Å². The molecule has 2 N–H and O–H groups in total. The summed E-state index contributed by atoms with van der Waals surface area (Å²) in [4.78, 5) is 0. The van der Waals surface area contributed by atoms with Gasteiger partial charge in [0.25, 0.3) is 0 Å². The second-order valence-electron chi connectivity index (χ2n) is 6.65. The number of hydrogen-bond donors (Lipinski definition) is 1. The highest BCUT2D eigenvalue weighted by atomic mass is 32.2. The van der Waals surface area contributed by atoms with E-state index in [1.165, 1.54) is 6.42 Å². The summed E-state index contributed by atoms with van der Waals surface area (Å²) in [6.07, 6.45) is 3.29. The summed E-state index contributed by atoms with van der Waals surface area (Å²) in [7, 11) is -3.16. The molecule has 3 atom stereocenters. The molecular weight excluding hydrogens is 236 g/mol. The van der Waals surface area contributed by atoms with Gasteiger partial charge in [-0.15, -0.1) is 0 Å². The highest BCUT2D eigenvalue weighted by Gasteiger charge is 2.44. The lowest BCUT2D eigenvalue weighted by atomic mass is 9.89. The van der Waals surface area contributed by atoms with Crippen molar-refractivity contribution in [1.29, 1.82) is 0 Å². The molecule has 1 aliphatic heterocycles. The third-order valence-corrected chi connectivity index (χ3v) is 6.16. The second-order valence-corrected chi connectivity index (χ2v) is 8.62. The molecule has 2 aliphatic rings. The van der Waals surface area contributed by atoms with E-state index in [9.17, 15) is 8.42 Å². The Morgan fingerprint density at radius 3 is 2.41 bits per heavy atom. The van der Waals surface area contributed by atoms with Crippen LogP contribution < -0.4 is 5.73 Å². The predicted molar refractivity (Wildman–Crippen MR) is 69.1 cm³/mol. The van der Waals surface area contributed by atoms with Gasteiger partial charge in [-0.2, -0.15) is 4.31 Å². The van der Waals surface area contributed by atoms with Crippen LogP contribution in [0.5, 0.6) is 0 Å². The van der Waals surface area contributed by atoms with E-state index < -0.39 is 10.0 Å². The Balaban J connectivity index is 2.05. The van der Waals surface area contributed by atoms with E-state index in [0.717, 1.165) is 19.4 Å². The zero-order valence-corrected chi connectivity index (χ0v) is 11.8. The minimum Gasteiger partial charge on any atom is -0.326 e. The maximum absolute atomic E-state index is 12.3. The zero-order chi connectivity index (χ0) is 12.8. The molecule has 4 nitrogen and oxygen atoms in total. The van der Waals surface area contributed by atoms with Gasteiger partial charge in [-0.05, 0) is 30.6 Å². The molecule has 0 aromatic heterocycles. The van der Waals surface area contributed by atoms with Crippen LogP contribution in [0.4, 0.5) is 0 Å². The van der Waals surface area contributed by atoms with Crippen LogP contribution in [-0.4, -0.2) is 37.1 Å². The zero-order valence-electron chi connectivity index (χ0n) is 11.0. The second kappa shape index (κ2) is 4.21. The highest BCUT2D eigenvalue weighted by molar-refractivity contribution is 7.89. The van der Waals surface area contributed by atoms with E-state index in [1.54, 1.807) is 4.31 Å². The number of nitrogens with two attached hydrogens (primary N) is 1. The monoisotopic (exact) mass is 260 g/mol. The quantitative estimate of drug-likeness (QED) is 0.828. The number of hydrogen-bond acceptors (Lipinski definition) is 3. The molecule has 1 saturated heterocycles. The first kappa shape index (κ1) is 13.3. The SMILES string of the molecule is CC(C)(C)C(N)CS(=O)(=O)N1CC2CCC1C2. The topological polar surface area (TPSA) is 63.4 Å². The van der Waals surface area contributed by atoms with Crippen molar-refractivity contribution in [1.82, 2.24) is 4.31 Å². The molecule has 1 aliphatic carbocycles. The van der Waals surface area contributed by atoms with Crippen molar-refractivity contribution in [2.45, 2.75) is 52.1 Å². The van der Waals surface area contributed by atoms with Crippen molar-refractivity contribution in [2.75, 3.05) is 12.3 Å². The molecule has 3 unspecified atom stereocenters. The summed E-state index contributed by atoms with van der Waals surface area (Å²) >= 11 is 0. The van der Waals surface area contributed by atoms with E-state index in [-0.39, 0.29) is 23.3 Å². The molecule has 2 fully saturated rings. The van der Waals surface area contributed by atoms with Crippen LogP contribution >= 0.6 is 0 Å². The third kappa shape index (κ3) is 2.66. The largest absolute Gasteiger partial charge is 0.326 e. The Kier molecular flexibility index (Phi) is 3.30. The average Bonchev–Trinajstić information content (AvgIpc) is 2.76. The smallest absolute Gasteiger partial charge is 0.215 e. The maximum Gasteiger partial charge on any atom is 0.215 e. The predicted octanol–water partition coefficient (Wildman–Crippen LogP) is 1.17. The Morgan fingerprint density at radius 2 is 2.00 bits per heavy atom. The summed E-state index contributed by atoms with van der Waals surface area (Å²) < 4.78 is 26.4. The van der Waals surface area contributed by atoms with Gasteiger partial charge in [0.05, 0.1) is 5.75 Å². The summed E-state index contributed by atoms with van der Waals surface area (Å²) in [5.74, 6) is 0.681. The maximum atomic E-state index is 12.3. The Bertz CT molecular complexity index is 386. The van der Waals surface area contributed by atoms with Gasteiger partial charge in [-0.1, -0.05) is 20.8 Å². The molecule has 5 heteroatoms. The number of nitrogens with zero attached hydrogens (tertiary/aromatic N) is 1. The van der Waals surface area contributed by atoms with Crippen LogP contribution in [-0.2, 0) is 10.0 Å². The van der Waals surface area contributed by atoms with Crippen molar-refractivity contribution >= 4 is 10.0 Å². The molecular formula is C12H24N2O2S. The van der Waals surface area contributed by atoms with E-state index in [2.05, 4.69) is 0 Å². The summed E-state index contributed by atoms with van der Waals surface area (Å²) in [6, 6.07) is -0.0382. The fourth-order valence-corrected chi connectivity index (χ4v) is 5.02. The first-order valence-corrected chi connectivity index (χ1v) is 8.06. The van der Waals surface area contributed by atoms with Gasteiger partial charge in [-0.3, -0.25) is 0 Å². The van der Waals surface area contributed by atoms with Gasteiger partial charge in [0, 0.05) is 18.6 Å². The van der Waals surface area contributed by atoms with E-state index in [4.69, 9.17) is 5.73 Å². The van der Waals surface area contributed by atoms with Gasteiger partial charge in [0.2, 0.25) is 10.0 Å². The van der Waals surface area contributed by atoms with Crippen LogP contribution in [0.15, 0.2) is 0 Å². The Hall–Kier alpha value is -0.130. The lowest BCUT2D eigenvalue weighted by Gasteiger charge is -2.31. The lowest BCUT2D eigenvalue weighted by molar-refractivity contribution is 0.313. The van der Waals surface area contributed by atoms with Crippen LogP contribution in [0.25, 0.3) is 0 Å². The van der Waals surface area contributed by atoms with Crippen LogP contribution in [0.3, 0.4) is 0 Å². The first-order valence-electron chi connectivity index (χ1n) is 6.45. The average molecular weight is 260 g/mol. The Morgan fingerprint density at radius 1 is 1.35 bits per heavy atom. The lowest BCUT2D eigenvalue weighted by Crippen LogP contribution is -2.47. The van der Waals surface area contributed by atoms with Gasteiger partial charge in [0.1, 0.15) is 0 Å². The molecule has 0 radical (unpaired) electrons. The molecule has 1 saturated carbocycles. The molecule has 1 heterocycles. The molecule has 0 aromatic rings. The van der Waals surface area contributed by atoms with Crippen molar-refractivity contribution < 1.29 is 8.42 Å². The molecule has 0 aromatic carbocycles. The number of sulfonamides is 1. The van der Waals surface area contributed by atoms with Gasteiger partial charge >= 0.3 is 0 Å². The minimum atomic E-state index is -3.16. The van der Waals surface area contributed by atoms with Crippen molar-refractivity contribution in [3.05, 3.63) is 0 Å². The molecule has 100 valence electrons. The fraction of sp³-hybridized carbons (Fsp3) is 1.00.